The molecule has 0 aromatic rings. The second kappa shape index (κ2) is 2.09. The molecule has 0 aliphatic heterocycles. The van der Waals surface area contributed by atoms with Crippen LogP contribution in [0.4, 0.5) is 0 Å². The van der Waals surface area contributed by atoms with Gasteiger partial charge in [-0.05, 0) is 0 Å². The molecule has 40 valence electrons. The van der Waals surface area contributed by atoms with Crippen LogP contribution in [-0.4, -0.2) is 22.4 Å². The van der Waals surface area contributed by atoms with Crippen molar-refractivity contribution in [2.45, 2.75) is 7.43 Å². The summed E-state index contributed by atoms with van der Waals surface area (Å²) in [5, 5.41) is 24.1. The average molecular weight is 95.1 g/mol. The molecule has 0 rings (SSSR count). The summed E-state index contributed by atoms with van der Waals surface area (Å²) < 4.78 is 0. The molecule has 0 saturated carbocycles. The largest absolute Gasteiger partial charge is 0.565 e. The molecule has 0 unspecified atom stereocenters. The minimum atomic E-state index is -2.25. The minimum Gasteiger partial charge on any atom is -0.565 e. The van der Waals surface area contributed by atoms with Crippen molar-refractivity contribution in [1.29, 1.82) is 0 Å². The molecule has 4 heteroatoms. The van der Waals surface area contributed by atoms with E-state index in [-0.39, 0.29) is 7.43 Å². The van der Waals surface area contributed by atoms with Gasteiger partial charge in [0.25, 0.3) is 0 Å². The van der Waals surface area contributed by atoms with Crippen LogP contribution in [0, 0.1) is 5.21 Å². The van der Waals surface area contributed by atoms with Crippen LogP contribution in [0.25, 0.3) is 0 Å². The molecule has 0 aliphatic rings. The van der Waals surface area contributed by atoms with Gasteiger partial charge >= 0.3 is 0 Å². The van der Waals surface area contributed by atoms with Crippen LogP contribution in [0.15, 0.2) is 0 Å². The first-order valence-corrected chi connectivity index (χ1v) is 1.03. The Bertz CT molecular complexity index is 24.3. The molecule has 0 heterocycles. The van der Waals surface area contributed by atoms with E-state index in [1.165, 1.54) is 0 Å². The summed E-state index contributed by atoms with van der Waals surface area (Å²) in [7, 11) is 0.681. The first kappa shape index (κ1) is 9.28. The summed E-state index contributed by atoms with van der Waals surface area (Å²) in [5.74, 6) is 0. The molecule has 0 atom stereocenters. The van der Waals surface area contributed by atoms with Crippen LogP contribution in [0.1, 0.15) is 7.43 Å². The van der Waals surface area contributed by atoms with Gasteiger partial charge in [0, 0.05) is 0 Å². The van der Waals surface area contributed by atoms with Crippen molar-refractivity contribution in [2.75, 3.05) is 7.05 Å². The number of hydroxylamine groups is 3. The zero-order chi connectivity index (χ0) is 4.50. The molecule has 6 heavy (non-hydrogen) atoms. The number of nitrogens with zero attached hydrogens (tertiary/aromatic N) is 1. The zero-order valence-electron chi connectivity index (χ0n) is 2.75. The molecule has 0 spiro atoms. The third-order valence-corrected chi connectivity index (χ3v) is 0. The molecule has 0 saturated heterocycles. The van der Waals surface area contributed by atoms with Crippen LogP contribution in [-0.2, 0) is 0 Å². The van der Waals surface area contributed by atoms with Gasteiger partial charge in [-0.15, -0.1) is 0 Å². The van der Waals surface area contributed by atoms with Gasteiger partial charge in [-0.2, -0.15) is 10.4 Å². The van der Waals surface area contributed by atoms with Crippen molar-refractivity contribution < 1.29 is 15.4 Å². The van der Waals surface area contributed by atoms with E-state index in [1.807, 2.05) is 0 Å². The van der Waals surface area contributed by atoms with Gasteiger partial charge in [0.15, 0.2) is 0 Å². The van der Waals surface area contributed by atoms with Gasteiger partial charge in [0.1, 0.15) is 7.05 Å². The lowest BCUT2D eigenvalue weighted by atomic mass is 11.5. The molecular formula is C2H9NO3. The SMILES string of the molecule is C.C[N+]([O-])(O)O. The lowest BCUT2D eigenvalue weighted by Gasteiger charge is -2.15. The van der Waals surface area contributed by atoms with Crippen molar-refractivity contribution in [1.82, 2.24) is 0 Å². The summed E-state index contributed by atoms with van der Waals surface area (Å²) in [6.45, 7) is 0. The number of rotatable bonds is 0. The normalized spacial score (nSPS) is 10.0. The van der Waals surface area contributed by atoms with Crippen LogP contribution >= 0.6 is 0 Å². The van der Waals surface area contributed by atoms with E-state index in [9.17, 15) is 0 Å². The zero-order valence-corrected chi connectivity index (χ0v) is 2.75. The Morgan fingerprint density at radius 1 is 1.50 bits per heavy atom. The molecule has 0 fully saturated rings. The van der Waals surface area contributed by atoms with Crippen molar-refractivity contribution in [3.63, 3.8) is 0 Å². The molecule has 0 aromatic heterocycles. The van der Waals surface area contributed by atoms with Gasteiger partial charge < -0.3 is 5.21 Å². The highest BCUT2D eigenvalue weighted by atomic mass is 17.1. The van der Waals surface area contributed by atoms with Crippen molar-refractivity contribution >= 4 is 0 Å². The second-order valence-corrected chi connectivity index (χ2v) is 0.835. The Balaban J connectivity index is 0. The van der Waals surface area contributed by atoms with E-state index in [0.29, 0.717) is 7.05 Å². The van der Waals surface area contributed by atoms with Crippen molar-refractivity contribution in [3.8, 4) is 0 Å². The number of quaternary nitrogens is 1. The average Bonchev–Trinajstić information content (AvgIpc) is 0.722. The molecule has 0 amide bonds. The summed E-state index contributed by atoms with van der Waals surface area (Å²) in [4.78, 5) is -2.25. The third kappa shape index (κ3) is 1210. The summed E-state index contributed by atoms with van der Waals surface area (Å²) in [6.07, 6.45) is 0. The summed E-state index contributed by atoms with van der Waals surface area (Å²) >= 11 is 0. The second-order valence-electron chi connectivity index (χ2n) is 0.835. The van der Waals surface area contributed by atoms with Gasteiger partial charge in [-0.1, -0.05) is 12.4 Å². The Morgan fingerprint density at radius 3 is 1.50 bits per heavy atom. The van der Waals surface area contributed by atoms with Crippen molar-refractivity contribution in [3.05, 3.63) is 5.21 Å². The topological polar surface area (TPSA) is 63.5 Å². The number of hydrogen-bond donors (Lipinski definition) is 2. The van der Waals surface area contributed by atoms with E-state index in [1.54, 1.807) is 0 Å². The smallest absolute Gasteiger partial charge is 0.132 e. The van der Waals surface area contributed by atoms with E-state index < -0.39 is 4.97 Å². The van der Waals surface area contributed by atoms with Crippen LogP contribution in [0.3, 0.4) is 0 Å². The molecular weight excluding hydrogens is 86.0 g/mol. The van der Waals surface area contributed by atoms with E-state index in [0.717, 1.165) is 0 Å². The lowest BCUT2D eigenvalue weighted by molar-refractivity contribution is -1.20. The maximum absolute atomic E-state index is 9.15. The Morgan fingerprint density at radius 2 is 1.50 bits per heavy atom. The minimum absolute atomic E-state index is 0. The monoisotopic (exact) mass is 95.1 g/mol. The Labute approximate surface area is 36.3 Å². The van der Waals surface area contributed by atoms with E-state index in [2.05, 4.69) is 0 Å². The first-order chi connectivity index (χ1) is 2.00. The van der Waals surface area contributed by atoms with Gasteiger partial charge in [0.05, 0.1) is 0 Å². The van der Waals surface area contributed by atoms with E-state index in [4.69, 9.17) is 15.6 Å². The fraction of sp³-hybridized carbons (Fsp3) is 1.00. The number of hydrogen-bond acceptors (Lipinski definition) is 3. The highest BCUT2D eigenvalue weighted by Gasteiger charge is 1.88. The molecule has 0 aromatic carbocycles. The van der Waals surface area contributed by atoms with Gasteiger partial charge in [-0.3, -0.25) is 0 Å². The van der Waals surface area contributed by atoms with Crippen LogP contribution < -0.4 is 0 Å². The highest BCUT2D eigenvalue weighted by molar-refractivity contribution is 3.86. The highest BCUT2D eigenvalue weighted by Crippen LogP contribution is 1.74. The quantitative estimate of drug-likeness (QED) is 0.337. The first-order valence-electron chi connectivity index (χ1n) is 1.03. The molecule has 0 radical (unpaired) electrons. The summed E-state index contributed by atoms with van der Waals surface area (Å²) in [6, 6.07) is 0. The Kier molecular flexibility index (Phi) is 3.24. The Hall–Kier alpha value is -0.160. The molecule has 0 aliphatic carbocycles. The standard InChI is InChI=1S/CH5NO3.CH4/c1-2(3,4)5;/h3-4H,1H3;1H4. The predicted molar refractivity (Wildman–Crippen MR) is 19.9 cm³/mol. The third-order valence-electron chi connectivity index (χ3n) is 0. The van der Waals surface area contributed by atoms with E-state index >= 15 is 0 Å². The fourth-order valence-electron chi connectivity index (χ4n) is 0. The van der Waals surface area contributed by atoms with Gasteiger partial charge in [-0.25, -0.2) is 0 Å². The molecule has 0 bridgehead atoms. The molecule has 2 N–H and O–H groups in total. The fourth-order valence-corrected chi connectivity index (χ4v) is 0. The van der Waals surface area contributed by atoms with Gasteiger partial charge in [0.2, 0.25) is 0 Å². The maximum Gasteiger partial charge on any atom is 0.132 e. The molecule has 4 nitrogen and oxygen atoms in total. The lowest BCUT2D eigenvalue weighted by Crippen LogP contribution is -2.27. The predicted octanol–water partition coefficient (Wildman–Crippen LogP) is 0.345. The van der Waals surface area contributed by atoms with Crippen LogP contribution in [0.5, 0.6) is 0 Å². The summed E-state index contributed by atoms with van der Waals surface area (Å²) in [5.41, 5.74) is 0. The van der Waals surface area contributed by atoms with Crippen molar-refractivity contribution in [2.24, 2.45) is 0 Å². The maximum atomic E-state index is 9.15. The van der Waals surface area contributed by atoms with Crippen LogP contribution in [0.2, 0.25) is 0 Å².